The molecule has 0 radical (unpaired) electrons. The van der Waals surface area contributed by atoms with E-state index in [1.807, 2.05) is 6.92 Å². The van der Waals surface area contributed by atoms with Crippen LogP contribution in [0.4, 0.5) is 0 Å². The van der Waals surface area contributed by atoms with Crippen molar-refractivity contribution in [2.75, 3.05) is 0 Å². The molecule has 0 saturated heterocycles. The fourth-order valence-electron chi connectivity index (χ4n) is 0.933. The summed E-state index contributed by atoms with van der Waals surface area (Å²) in [5, 5.41) is 9.66. The quantitative estimate of drug-likeness (QED) is 0.701. The molecule has 0 N–H and O–H groups in total. The second-order valence-corrected chi connectivity index (χ2v) is 4.17. The van der Waals surface area contributed by atoms with Crippen molar-refractivity contribution in [1.82, 2.24) is 4.98 Å². The average molecular weight is 180 g/mol. The van der Waals surface area contributed by atoms with Crippen LogP contribution in [0.2, 0.25) is 0 Å². The molecule has 0 amide bonds. The zero-order valence-electron chi connectivity index (χ0n) is 7.59. The minimum atomic E-state index is 0.473. The third kappa shape index (κ3) is 1.83. The van der Waals surface area contributed by atoms with Crippen molar-refractivity contribution in [3.8, 4) is 6.07 Å². The summed E-state index contributed by atoms with van der Waals surface area (Å²) in [5.41, 5.74) is 1.02. The fraction of sp³-hybridized carbons (Fsp3) is 0.556. The first-order chi connectivity index (χ1) is 5.65. The highest BCUT2D eigenvalue weighted by Gasteiger charge is 2.09. The molecule has 0 aliphatic rings. The van der Waals surface area contributed by atoms with Crippen LogP contribution in [0.25, 0.3) is 0 Å². The van der Waals surface area contributed by atoms with Crippen molar-refractivity contribution >= 4 is 11.3 Å². The van der Waals surface area contributed by atoms with Gasteiger partial charge in [-0.15, -0.1) is 11.3 Å². The number of aromatic nitrogens is 1. The molecule has 1 heterocycles. The van der Waals surface area contributed by atoms with Gasteiger partial charge in [0.15, 0.2) is 0 Å². The topological polar surface area (TPSA) is 36.7 Å². The van der Waals surface area contributed by atoms with E-state index >= 15 is 0 Å². The van der Waals surface area contributed by atoms with Crippen molar-refractivity contribution in [3.05, 3.63) is 15.6 Å². The van der Waals surface area contributed by atoms with E-state index in [1.54, 1.807) is 11.3 Å². The Bertz CT molecular complexity index is 307. The summed E-state index contributed by atoms with van der Waals surface area (Å²) in [5.74, 6) is 0.473. The smallest absolute Gasteiger partial charge is 0.0956 e. The predicted octanol–water partition coefficient (Wildman–Crippen LogP) is 2.64. The Balaban J connectivity index is 2.94. The van der Waals surface area contributed by atoms with E-state index in [-0.39, 0.29) is 0 Å². The van der Waals surface area contributed by atoms with Crippen LogP contribution >= 0.6 is 11.3 Å². The van der Waals surface area contributed by atoms with E-state index in [9.17, 15) is 0 Å². The molecule has 0 saturated carbocycles. The van der Waals surface area contributed by atoms with E-state index in [4.69, 9.17) is 5.26 Å². The minimum Gasteiger partial charge on any atom is -0.246 e. The van der Waals surface area contributed by atoms with E-state index < -0.39 is 0 Å². The van der Waals surface area contributed by atoms with Gasteiger partial charge in [-0.2, -0.15) is 5.26 Å². The molecule has 3 heteroatoms. The standard InChI is InChI=1S/C9H12N2S/c1-6(2)9-11-7(3)8(12-9)4-5-10/h6H,4H2,1-3H3. The summed E-state index contributed by atoms with van der Waals surface area (Å²) in [6.45, 7) is 6.21. The maximum atomic E-state index is 8.52. The molecule has 12 heavy (non-hydrogen) atoms. The van der Waals surface area contributed by atoms with Crippen molar-refractivity contribution in [1.29, 1.82) is 5.26 Å². The molecule has 0 aromatic carbocycles. The molecule has 0 aliphatic heterocycles. The zero-order chi connectivity index (χ0) is 9.14. The highest BCUT2D eigenvalue weighted by molar-refractivity contribution is 7.11. The number of thiazole rings is 1. The maximum absolute atomic E-state index is 8.52. The largest absolute Gasteiger partial charge is 0.246 e. The highest BCUT2D eigenvalue weighted by Crippen LogP contribution is 2.24. The molecule has 1 aromatic heterocycles. The Kier molecular flexibility index (Phi) is 2.83. The first-order valence-corrected chi connectivity index (χ1v) is 4.80. The van der Waals surface area contributed by atoms with Gasteiger partial charge in [-0.05, 0) is 6.92 Å². The first kappa shape index (κ1) is 9.21. The number of nitrogens with zero attached hydrogens (tertiary/aromatic N) is 2. The predicted molar refractivity (Wildman–Crippen MR) is 50.3 cm³/mol. The SMILES string of the molecule is Cc1nc(C(C)C)sc1CC#N. The van der Waals surface area contributed by atoms with Gasteiger partial charge in [0.25, 0.3) is 0 Å². The lowest BCUT2D eigenvalue weighted by Gasteiger charge is -1.94. The van der Waals surface area contributed by atoms with Gasteiger partial charge in [0, 0.05) is 10.8 Å². The molecule has 0 fully saturated rings. The van der Waals surface area contributed by atoms with E-state index in [0.717, 1.165) is 15.6 Å². The third-order valence-electron chi connectivity index (χ3n) is 1.64. The van der Waals surface area contributed by atoms with E-state index in [1.165, 1.54) is 0 Å². The monoisotopic (exact) mass is 180 g/mol. The Hall–Kier alpha value is -0.880. The van der Waals surface area contributed by atoms with Gasteiger partial charge in [0.05, 0.1) is 23.2 Å². The van der Waals surface area contributed by atoms with Crippen LogP contribution in [-0.4, -0.2) is 4.98 Å². The molecule has 64 valence electrons. The summed E-state index contributed by atoms with van der Waals surface area (Å²) in [6, 6.07) is 2.15. The molecule has 0 spiro atoms. The molecule has 0 aliphatic carbocycles. The average Bonchev–Trinajstić information content (AvgIpc) is 2.34. The van der Waals surface area contributed by atoms with Gasteiger partial charge in [-0.3, -0.25) is 0 Å². The van der Waals surface area contributed by atoms with Gasteiger partial charge < -0.3 is 0 Å². The highest BCUT2D eigenvalue weighted by atomic mass is 32.1. The lowest BCUT2D eigenvalue weighted by atomic mass is 10.2. The molecule has 2 nitrogen and oxygen atoms in total. The third-order valence-corrected chi connectivity index (χ3v) is 3.10. The zero-order valence-corrected chi connectivity index (χ0v) is 8.40. The van der Waals surface area contributed by atoms with Crippen molar-refractivity contribution in [2.24, 2.45) is 0 Å². The van der Waals surface area contributed by atoms with Crippen LogP contribution in [-0.2, 0) is 6.42 Å². The fourth-order valence-corrected chi connectivity index (χ4v) is 1.93. The van der Waals surface area contributed by atoms with Gasteiger partial charge in [-0.25, -0.2) is 4.98 Å². The summed E-state index contributed by atoms with van der Waals surface area (Å²) in [7, 11) is 0. The second kappa shape index (κ2) is 3.68. The number of aryl methyl sites for hydroxylation is 1. The maximum Gasteiger partial charge on any atom is 0.0956 e. The second-order valence-electron chi connectivity index (χ2n) is 3.05. The van der Waals surface area contributed by atoms with Crippen LogP contribution in [0.5, 0.6) is 0 Å². The molecule has 0 bridgehead atoms. The Morgan fingerprint density at radius 2 is 2.25 bits per heavy atom. The van der Waals surface area contributed by atoms with Crippen LogP contribution in [0.3, 0.4) is 0 Å². The van der Waals surface area contributed by atoms with Crippen LogP contribution < -0.4 is 0 Å². The Morgan fingerprint density at radius 1 is 1.58 bits per heavy atom. The molecule has 1 aromatic rings. The van der Waals surface area contributed by atoms with Gasteiger partial charge in [0.1, 0.15) is 0 Å². The summed E-state index contributed by atoms with van der Waals surface area (Å²) in [4.78, 5) is 5.51. The van der Waals surface area contributed by atoms with E-state index in [2.05, 4.69) is 24.9 Å². The summed E-state index contributed by atoms with van der Waals surface area (Å²) >= 11 is 1.66. The Morgan fingerprint density at radius 3 is 2.67 bits per heavy atom. The number of rotatable bonds is 2. The van der Waals surface area contributed by atoms with Gasteiger partial charge in [0.2, 0.25) is 0 Å². The van der Waals surface area contributed by atoms with Gasteiger partial charge >= 0.3 is 0 Å². The summed E-state index contributed by atoms with van der Waals surface area (Å²) < 4.78 is 0. The molecule has 0 atom stereocenters. The lowest BCUT2D eigenvalue weighted by molar-refractivity contribution is 0.846. The van der Waals surface area contributed by atoms with Crippen LogP contribution in [0.1, 0.15) is 35.3 Å². The summed E-state index contributed by atoms with van der Waals surface area (Å²) in [6.07, 6.45) is 0.496. The molecular weight excluding hydrogens is 168 g/mol. The van der Waals surface area contributed by atoms with Crippen LogP contribution in [0, 0.1) is 18.3 Å². The first-order valence-electron chi connectivity index (χ1n) is 3.98. The van der Waals surface area contributed by atoms with Gasteiger partial charge in [-0.1, -0.05) is 13.8 Å². The van der Waals surface area contributed by atoms with E-state index in [0.29, 0.717) is 12.3 Å². The van der Waals surface area contributed by atoms with Crippen molar-refractivity contribution in [3.63, 3.8) is 0 Å². The lowest BCUT2D eigenvalue weighted by Crippen LogP contribution is -1.84. The molecular formula is C9H12N2S. The number of hydrogen-bond donors (Lipinski definition) is 0. The van der Waals surface area contributed by atoms with Crippen LogP contribution in [0.15, 0.2) is 0 Å². The van der Waals surface area contributed by atoms with Crippen molar-refractivity contribution in [2.45, 2.75) is 33.1 Å². The van der Waals surface area contributed by atoms with Crippen molar-refractivity contribution < 1.29 is 0 Å². The molecule has 1 rings (SSSR count). The molecule has 0 unspecified atom stereocenters. The normalized spacial score (nSPS) is 10.2. The Labute approximate surface area is 76.9 Å². The number of hydrogen-bond acceptors (Lipinski definition) is 3. The minimum absolute atomic E-state index is 0.473. The number of nitriles is 1.